The largest absolute Gasteiger partial charge is 0.490 e. The lowest BCUT2D eigenvalue weighted by Crippen LogP contribution is -2.14. The minimum absolute atomic E-state index is 0.292. The topological polar surface area (TPSA) is 35.2 Å². The van der Waals surface area contributed by atoms with Crippen LogP contribution in [0.4, 0.5) is 0 Å². The van der Waals surface area contributed by atoms with Crippen molar-refractivity contribution in [2.45, 2.75) is 32.8 Å². The van der Waals surface area contributed by atoms with Gasteiger partial charge in [0.05, 0.1) is 6.10 Å². The molecule has 0 bridgehead atoms. The molecule has 82 valence electrons. The Balaban J connectivity index is 2.67. The molecule has 0 aliphatic rings. The molecule has 2 nitrogen and oxygen atoms in total. The van der Waals surface area contributed by atoms with E-state index in [1.165, 1.54) is 0 Å². The molecule has 0 spiro atoms. The Morgan fingerprint density at radius 3 is 2.20 bits per heavy atom. The number of nitrogens with two attached hydrogens (primary N) is 1. The summed E-state index contributed by atoms with van der Waals surface area (Å²) in [6, 6.07) is 7.60. The molecule has 0 aromatic heterocycles. The van der Waals surface area contributed by atoms with Crippen LogP contribution in [0.1, 0.15) is 32.3 Å². The molecule has 0 heterocycles. The van der Waals surface area contributed by atoms with Crippen LogP contribution in [-0.2, 0) is 0 Å². The fourth-order valence-electron chi connectivity index (χ4n) is 1.35. The van der Waals surface area contributed by atoms with Gasteiger partial charge >= 0.3 is 0 Å². The Hall–Kier alpha value is -1.09. The maximum Gasteiger partial charge on any atom is 0.119 e. The average Bonchev–Trinajstić information content (AvgIpc) is 2.26. The minimum atomic E-state index is 0.292. The predicted octanol–water partition coefficient (Wildman–Crippen LogP) is 2.89. The Morgan fingerprint density at radius 2 is 1.80 bits per heavy atom. The number of ether oxygens (including phenoxy) is 1. The summed E-state index contributed by atoms with van der Waals surface area (Å²) in [5, 5.41) is 0. The molecule has 0 atom stereocenters. The number of rotatable bonds is 5. The van der Waals surface area contributed by atoms with E-state index < -0.39 is 0 Å². The minimum Gasteiger partial charge on any atom is -0.490 e. The fraction of sp³-hybridized carbons (Fsp3) is 0.417. The van der Waals surface area contributed by atoms with Gasteiger partial charge in [-0.05, 0) is 37.1 Å². The first-order chi connectivity index (χ1) is 7.17. The van der Waals surface area contributed by atoms with Crippen LogP contribution in [0, 0.1) is 0 Å². The molecular weight excluding hydrogens is 206 g/mol. The third kappa shape index (κ3) is 3.51. The van der Waals surface area contributed by atoms with Crippen LogP contribution < -0.4 is 10.5 Å². The quantitative estimate of drug-likeness (QED) is 0.780. The van der Waals surface area contributed by atoms with Gasteiger partial charge in [0, 0.05) is 5.56 Å². The zero-order valence-electron chi connectivity index (χ0n) is 9.19. The zero-order chi connectivity index (χ0) is 11.3. The van der Waals surface area contributed by atoms with E-state index in [1.807, 2.05) is 24.3 Å². The molecule has 15 heavy (non-hydrogen) atoms. The summed E-state index contributed by atoms with van der Waals surface area (Å²) in [6.07, 6.45) is 2.34. The van der Waals surface area contributed by atoms with Gasteiger partial charge in [-0.1, -0.05) is 26.1 Å². The number of hydrogen-bond acceptors (Lipinski definition) is 2. The molecule has 2 N–H and O–H groups in total. The van der Waals surface area contributed by atoms with E-state index in [4.69, 9.17) is 22.7 Å². The van der Waals surface area contributed by atoms with Gasteiger partial charge in [-0.3, -0.25) is 0 Å². The van der Waals surface area contributed by atoms with E-state index in [2.05, 4.69) is 13.8 Å². The average molecular weight is 223 g/mol. The third-order valence-corrected chi connectivity index (χ3v) is 2.59. The molecule has 0 saturated carbocycles. The Kier molecular flexibility index (Phi) is 4.56. The first-order valence-corrected chi connectivity index (χ1v) is 5.64. The number of thiocarbonyl (C=S) groups is 1. The fourth-order valence-corrected chi connectivity index (χ4v) is 1.48. The molecule has 1 aromatic carbocycles. The van der Waals surface area contributed by atoms with E-state index in [1.54, 1.807) is 0 Å². The lowest BCUT2D eigenvalue weighted by Gasteiger charge is -2.15. The van der Waals surface area contributed by atoms with E-state index in [-0.39, 0.29) is 0 Å². The van der Waals surface area contributed by atoms with Crippen molar-refractivity contribution in [3.8, 4) is 5.75 Å². The summed E-state index contributed by atoms with van der Waals surface area (Å²) < 4.78 is 5.76. The first kappa shape index (κ1) is 12.0. The zero-order valence-corrected chi connectivity index (χ0v) is 10.0. The van der Waals surface area contributed by atoms with Gasteiger partial charge in [0.15, 0.2) is 0 Å². The Morgan fingerprint density at radius 1 is 1.27 bits per heavy atom. The maximum atomic E-state index is 5.76. The van der Waals surface area contributed by atoms with Gasteiger partial charge in [0.2, 0.25) is 0 Å². The molecule has 1 aromatic rings. The molecule has 0 fully saturated rings. The van der Waals surface area contributed by atoms with Crippen molar-refractivity contribution in [3.63, 3.8) is 0 Å². The summed E-state index contributed by atoms with van der Waals surface area (Å²) in [5.74, 6) is 0.878. The standard InChI is InChI=1S/C12H17NOS/c1-3-10(4-2)14-11-7-5-9(6-8-11)12(13)15/h5-8,10H,3-4H2,1-2H3,(H2,13,15). The molecule has 1 rings (SSSR count). The van der Waals surface area contributed by atoms with E-state index in [9.17, 15) is 0 Å². The highest BCUT2D eigenvalue weighted by molar-refractivity contribution is 7.80. The van der Waals surface area contributed by atoms with Crippen molar-refractivity contribution in [3.05, 3.63) is 29.8 Å². The van der Waals surface area contributed by atoms with Crippen molar-refractivity contribution in [2.24, 2.45) is 5.73 Å². The molecule has 0 saturated heterocycles. The van der Waals surface area contributed by atoms with Crippen molar-refractivity contribution in [1.29, 1.82) is 0 Å². The molecule has 0 aliphatic heterocycles. The summed E-state index contributed by atoms with van der Waals surface area (Å²) >= 11 is 4.88. The Bertz CT molecular complexity index is 317. The summed E-state index contributed by atoms with van der Waals surface area (Å²) in [5.41, 5.74) is 6.38. The SMILES string of the molecule is CCC(CC)Oc1ccc(C(N)=S)cc1. The van der Waals surface area contributed by atoms with Gasteiger partial charge in [-0.15, -0.1) is 0 Å². The van der Waals surface area contributed by atoms with Gasteiger partial charge < -0.3 is 10.5 Å². The second kappa shape index (κ2) is 5.71. The normalized spacial score (nSPS) is 10.3. The molecule has 3 heteroatoms. The lowest BCUT2D eigenvalue weighted by molar-refractivity contribution is 0.193. The van der Waals surface area contributed by atoms with E-state index >= 15 is 0 Å². The van der Waals surface area contributed by atoms with Crippen molar-refractivity contribution < 1.29 is 4.74 Å². The van der Waals surface area contributed by atoms with Crippen molar-refractivity contribution in [1.82, 2.24) is 0 Å². The second-order valence-corrected chi connectivity index (χ2v) is 3.88. The monoisotopic (exact) mass is 223 g/mol. The molecule has 0 radical (unpaired) electrons. The van der Waals surface area contributed by atoms with Gasteiger partial charge in [0.25, 0.3) is 0 Å². The highest BCUT2D eigenvalue weighted by atomic mass is 32.1. The van der Waals surface area contributed by atoms with E-state index in [0.717, 1.165) is 24.2 Å². The molecule has 0 aliphatic carbocycles. The summed E-state index contributed by atoms with van der Waals surface area (Å²) in [4.78, 5) is 0.420. The molecular formula is C12H17NOS. The van der Waals surface area contributed by atoms with Crippen LogP contribution in [0.2, 0.25) is 0 Å². The number of benzene rings is 1. The van der Waals surface area contributed by atoms with Crippen molar-refractivity contribution in [2.75, 3.05) is 0 Å². The Labute approximate surface area is 96.4 Å². The first-order valence-electron chi connectivity index (χ1n) is 5.23. The van der Waals surface area contributed by atoms with Crippen LogP contribution >= 0.6 is 12.2 Å². The lowest BCUT2D eigenvalue weighted by atomic mass is 10.2. The van der Waals surface area contributed by atoms with Gasteiger partial charge in [-0.2, -0.15) is 0 Å². The van der Waals surface area contributed by atoms with E-state index in [0.29, 0.717) is 11.1 Å². The van der Waals surface area contributed by atoms with Crippen molar-refractivity contribution >= 4 is 17.2 Å². The van der Waals surface area contributed by atoms with Crippen LogP contribution in [-0.4, -0.2) is 11.1 Å². The third-order valence-electron chi connectivity index (χ3n) is 2.35. The summed E-state index contributed by atoms with van der Waals surface area (Å²) in [6.45, 7) is 4.25. The van der Waals surface area contributed by atoms with Gasteiger partial charge in [0.1, 0.15) is 10.7 Å². The van der Waals surface area contributed by atoms with Crippen LogP contribution in [0.3, 0.4) is 0 Å². The summed E-state index contributed by atoms with van der Waals surface area (Å²) in [7, 11) is 0. The van der Waals surface area contributed by atoms with Crippen LogP contribution in [0.5, 0.6) is 5.75 Å². The van der Waals surface area contributed by atoms with Gasteiger partial charge in [-0.25, -0.2) is 0 Å². The smallest absolute Gasteiger partial charge is 0.119 e. The van der Waals surface area contributed by atoms with Crippen LogP contribution in [0.15, 0.2) is 24.3 Å². The highest BCUT2D eigenvalue weighted by Gasteiger charge is 2.05. The maximum absolute atomic E-state index is 5.76. The van der Waals surface area contributed by atoms with Crippen LogP contribution in [0.25, 0.3) is 0 Å². The number of hydrogen-bond donors (Lipinski definition) is 1. The second-order valence-electron chi connectivity index (χ2n) is 3.44. The molecule has 0 amide bonds. The highest BCUT2D eigenvalue weighted by Crippen LogP contribution is 2.16. The predicted molar refractivity (Wildman–Crippen MR) is 67.3 cm³/mol. The molecule has 0 unspecified atom stereocenters.